The molecule has 0 amide bonds. The lowest BCUT2D eigenvalue weighted by atomic mass is 9.99. The Morgan fingerprint density at radius 2 is 2.27 bits per heavy atom. The summed E-state index contributed by atoms with van der Waals surface area (Å²) >= 11 is 0. The Morgan fingerprint density at radius 3 is 2.95 bits per heavy atom. The van der Waals surface area contributed by atoms with E-state index in [2.05, 4.69) is 24.1 Å². The Kier molecular flexibility index (Phi) is 6.65. The summed E-state index contributed by atoms with van der Waals surface area (Å²) in [5.74, 6) is 0.548. The van der Waals surface area contributed by atoms with Crippen LogP contribution in [0.1, 0.15) is 44.7 Å². The molecule has 22 heavy (non-hydrogen) atoms. The molecule has 0 aromatic heterocycles. The van der Waals surface area contributed by atoms with Gasteiger partial charge >= 0.3 is 0 Å². The molecule has 1 aliphatic heterocycles. The molecule has 0 radical (unpaired) electrons. The number of piperidine rings is 1. The van der Waals surface area contributed by atoms with Gasteiger partial charge in [0.2, 0.25) is 0 Å². The Balaban J connectivity index is 1.96. The number of anilines is 1. The number of benzene rings is 1. The first kappa shape index (κ1) is 17.2. The largest absolute Gasteiger partial charge is 0.385 e. The minimum Gasteiger partial charge on any atom is -0.385 e. The molecule has 4 heteroatoms. The normalized spacial score (nSPS) is 20.2. The maximum Gasteiger partial charge on any atom is 0.146 e. The highest BCUT2D eigenvalue weighted by Gasteiger charge is 2.19. The molecule has 2 rings (SSSR count). The summed E-state index contributed by atoms with van der Waals surface area (Å²) in [4.78, 5) is 2.18. The third kappa shape index (κ3) is 4.68. The van der Waals surface area contributed by atoms with Crippen molar-refractivity contribution in [2.75, 3.05) is 38.3 Å². The van der Waals surface area contributed by atoms with Gasteiger partial charge in [-0.25, -0.2) is 4.39 Å². The van der Waals surface area contributed by atoms with Crippen LogP contribution >= 0.6 is 0 Å². The van der Waals surface area contributed by atoms with Gasteiger partial charge < -0.3 is 15.0 Å². The molecular weight excluding hydrogens is 279 g/mol. The molecule has 1 N–H and O–H groups in total. The van der Waals surface area contributed by atoms with E-state index in [0.717, 1.165) is 50.3 Å². The molecule has 1 aliphatic rings. The summed E-state index contributed by atoms with van der Waals surface area (Å²) in [6.07, 6.45) is 3.37. The van der Waals surface area contributed by atoms with Crippen LogP contribution in [0.25, 0.3) is 0 Å². The van der Waals surface area contributed by atoms with E-state index in [9.17, 15) is 4.39 Å². The first-order valence-corrected chi connectivity index (χ1v) is 8.38. The van der Waals surface area contributed by atoms with E-state index in [1.165, 1.54) is 6.42 Å². The highest BCUT2D eigenvalue weighted by Crippen LogP contribution is 2.27. The van der Waals surface area contributed by atoms with Crippen molar-refractivity contribution in [3.05, 3.63) is 29.6 Å². The van der Waals surface area contributed by atoms with Crippen molar-refractivity contribution in [2.24, 2.45) is 5.92 Å². The highest BCUT2D eigenvalue weighted by molar-refractivity contribution is 5.50. The molecule has 0 unspecified atom stereocenters. The lowest BCUT2D eigenvalue weighted by Crippen LogP contribution is -2.34. The third-order valence-corrected chi connectivity index (χ3v) is 4.45. The highest BCUT2D eigenvalue weighted by atomic mass is 19.1. The quantitative estimate of drug-likeness (QED) is 0.776. The van der Waals surface area contributed by atoms with Gasteiger partial charge in [-0.3, -0.25) is 0 Å². The number of halogens is 1. The molecule has 2 atom stereocenters. The van der Waals surface area contributed by atoms with Gasteiger partial charge in [0, 0.05) is 32.8 Å². The fourth-order valence-corrected chi connectivity index (χ4v) is 3.11. The van der Waals surface area contributed by atoms with Gasteiger partial charge in [-0.1, -0.05) is 13.0 Å². The van der Waals surface area contributed by atoms with Gasteiger partial charge in [0.05, 0.1) is 5.69 Å². The number of nitrogens with one attached hydrogen (secondary N) is 1. The molecule has 124 valence electrons. The Morgan fingerprint density at radius 1 is 1.45 bits per heavy atom. The second-order valence-corrected chi connectivity index (χ2v) is 6.43. The van der Waals surface area contributed by atoms with E-state index >= 15 is 0 Å². The fraction of sp³-hybridized carbons (Fsp3) is 0.667. The first-order chi connectivity index (χ1) is 10.6. The monoisotopic (exact) mass is 308 g/mol. The minimum absolute atomic E-state index is 0.0999. The zero-order chi connectivity index (χ0) is 15.9. The summed E-state index contributed by atoms with van der Waals surface area (Å²) in [6, 6.07) is 5.82. The van der Waals surface area contributed by atoms with Crippen molar-refractivity contribution >= 4 is 5.69 Å². The fourth-order valence-electron chi connectivity index (χ4n) is 3.11. The van der Waals surface area contributed by atoms with Gasteiger partial charge in [0.15, 0.2) is 0 Å². The van der Waals surface area contributed by atoms with Crippen molar-refractivity contribution in [2.45, 2.75) is 39.2 Å². The van der Waals surface area contributed by atoms with E-state index in [1.54, 1.807) is 13.2 Å². The molecular formula is C18H29FN2O. The first-order valence-electron chi connectivity index (χ1n) is 8.38. The number of hydrogen-bond donors (Lipinski definition) is 1. The topological polar surface area (TPSA) is 24.5 Å². The van der Waals surface area contributed by atoms with Crippen LogP contribution in [-0.2, 0) is 4.74 Å². The number of methoxy groups -OCH3 is 1. The summed E-state index contributed by atoms with van der Waals surface area (Å²) in [7, 11) is 1.71. The average molecular weight is 308 g/mol. The van der Waals surface area contributed by atoms with Crippen LogP contribution in [-0.4, -0.2) is 33.4 Å². The maximum atomic E-state index is 14.5. The van der Waals surface area contributed by atoms with Crippen molar-refractivity contribution in [1.29, 1.82) is 0 Å². The van der Waals surface area contributed by atoms with Crippen molar-refractivity contribution in [1.82, 2.24) is 5.32 Å². The average Bonchev–Trinajstić information content (AvgIpc) is 2.51. The molecule has 0 spiro atoms. The van der Waals surface area contributed by atoms with Gasteiger partial charge in [-0.05, 0) is 56.3 Å². The van der Waals surface area contributed by atoms with Crippen molar-refractivity contribution in [3.63, 3.8) is 0 Å². The van der Waals surface area contributed by atoms with Crippen LogP contribution in [0.2, 0.25) is 0 Å². The van der Waals surface area contributed by atoms with Gasteiger partial charge in [-0.15, -0.1) is 0 Å². The SMILES string of the molecule is COCCCN[C@@H](C)c1ccc(N2CCC[C@H](C)C2)c(F)c1. The van der Waals surface area contributed by atoms with Gasteiger partial charge in [-0.2, -0.15) is 0 Å². The Hall–Kier alpha value is -1.13. The molecule has 1 fully saturated rings. The molecule has 1 saturated heterocycles. The summed E-state index contributed by atoms with van der Waals surface area (Å²) in [5, 5.41) is 3.41. The van der Waals surface area contributed by atoms with E-state index in [-0.39, 0.29) is 11.9 Å². The maximum absolute atomic E-state index is 14.5. The second-order valence-electron chi connectivity index (χ2n) is 6.43. The molecule has 1 aromatic rings. The molecule has 3 nitrogen and oxygen atoms in total. The summed E-state index contributed by atoms with van der Waals surface area (Å²) < 4.78 is 19.5. The molecule has 0 aliphatic carbocycles. The van der Waals surface area contributed by atoms with E-state index in [1.807, 2.05) is 12.1 Å². The van der Waals surface area contributed by atoms with Crippen LogP contribution in [0, 0.1) is 11.7 Å². The van der Waals surface area contributed by atoms with Crippen LogP contribution in [0.15, 0.2) is 18.2 Å². The summed E-state index contributed by atoms with van der Waals surface area (Å²) in [5.41, 5.74) is 1.76. The predicted molar refractivity (Wildman–Crippen MR) is 89.9 cm³/mol. The minimum atomic E-state index is -0.0999. The second kappa shape index (κ2) is 8.49. The molecule has 1 aromatic carbocycles. The predicted octanol–water partition coefficient (Wildman–Crippen LogP) is 3.75. The number of ether oxygens (including phenoxy) is 1. The number of nitrogens with zero attached hydrogens (tertiary/aromatic N) is 1. The lowest BCUT2D eigenvalue weighted by Gasteiger charge is -2.33. The standard InChI is InChI=1S/C18H29FN2O/c1-14-6-4-10-21(13-14)18-8-7-16(12-17(18)19)15(2)20-9-5-11-22-3/h7-8,12,14-15,20H,4-6,9-11,13H2,1-3H3/t14-,15-/m0/s1. The Labute approximate surface area is 133 Å². The van der Waals surface area contributed by atoms with E-state index in [4.69, 9.17) is 4.74 Å². The van der Waals surface area contributed by atoms with Crippen molar-refractivity contribution in [3.8, 4) is 0 Å². The zero-order valence-electron chi connectivity index (χ0n) is 14.1. The van der Waals surface area contributed by atoms with Crippen LogP contribution in [0.4, 0.5) is 10.1 Å². The van der Waals surface area contributed by atoms with Gasteiger partial charge in [0.25, 0.3) is 0 Å². The zero-order valence-corrected chi connectivity index (χ0v) is 14.1. The lowest BCUT2D eigenvalue weighted by molar-refractivity contribution is 0.193. The number of hydrogen-bond acceptors (Lipinski definition) is 3. The van der Waals surface area contributed by atoms with Crippen LogP contribution in [0.3, 0.4) is 0 Å². The smallest absolute Gasteiger partial charge is 0.146 e. The van der Waals surface area contributed by atoms with Crippen LogP contribution < -0.4 is 10.2 Å². The van der Waals surface area contributed by atoms with E-state index < -0.39 is 0 Å². The van der Waals surface area contributed by atoms with Crippen LogP contribution in [0.5, 0.6) is 0 Å². The Bertz CT molecular complexity index is 466. The number of rotatable bonds is 7. The summed E-state index contributed by atoms with van der Waals surface area (Å²) in [6.45, 7) is 7.86. The molecule has 0 bridgehead atoms. The molecule has 1 heterocycles. The molecule has 0 saturated carbocycles. The van der Waals surface area contributed by atoms with Gasteiger partial charge in [0.1, 0.15) is 5.82 Å². The van der Waals surface area contributed by atoms with Crippen molar-refractivity contribution < 1.29 is 9.13 Å². The van der Waals surface area contributed by atoms with E-state index in [0.29, 0.717) is 5.92 Å². The third-order valence-electron chi connectivity index (χ3n) is 4.45.